The quantitative estimate of drug-likeness (QED) is 0.218. The minimum Gasteiger partial charge on any atom is -0.496 e. The van der Waals surface area contributed by atoms with Crippen molar-refractivity contribution in [3.05, 3.63) is 71.2 Å². The number of amides is 1. The minimum atomic E-state index is -0.242. The highest BCUT2D eigenvalue weighted by Gasteiger charge is 2.14. The largest absolute Gasteiger partial charge is 0.496 e. The Labute approximate surface area is 200 Å². The third-order valence-corrected chi connectivity index (χ3v) is 6.22. The number of methoxy groups -OCH3 is 1. The topological polar surface area (TPSA) is 81.4 Å². The average molecular weight is 480 g/mol. The molecule has 0 spiro atoms. The van der Waals surface area contributed by atoms with E-state index in [1.807, 2.05) is 72.2 Å². The van der Waals surface area contributed by atoms with Crippen molar-refractivity contribution in [1.29, 1.82) is 0 Å². The summed E-state index contributed by atoms with van der Waals surface area (Å²) in [6, 6.07) is 19.2. The van der Waals surface area contributed by atoms with Gasteiger partial charge < -0.3 is 9.30 Å². The number of hydrogen-bond acceptors (Lipinski definition) is 6. The average Bonchev–Trinajstić information content (AvgIpc) is 3.26. The van der Waals surface area contributed by atoms with Crippen LogP contribution in [0.2, 0.25) is 5.02 Å². The number of hydrazone groups is 1. The standard InChI is InChI=1S/C24H22ClN5O2S/c1-3-30-23(17-8-11-18(25)12-9-17)28-29-24(30)33-15-22(31)27-26-14-20-19-7-5-4-6-16(19)10-13-21(20)32-2/h4-14H,3,15H2,1-2H3,(H,27,31). The van der Waals surface area contributed by atoms with E-state index >= 15 is 0 Å². The molecule has 4 rings (SSSR count). The number of ether oxygens (including phenoxy) is 1. The number of hydrogen-bond donors (Lipinski definition) is 1. The molecule has 0 radical (unpaired) electrons. The van der Waals surface area contributed by atoms with Crippen LogP contribution in [0.25, 0.3) is 22.2 Å². The Kier molecular flexibility index (Phi) is 7.26. The van der Waals surface area contributed by atoms with E-state index in [1.165, 1.54) is 11.8 Å². The van der Waals surface area contributed by atoms with Crippen molar-refractivity contribution in [1.82, 2.24) is 20.2 Å². The highest BCUT2D eigenvalue weighted by atomic mass is 35.5. The molecule has 0 bridgehead atoms. The lowest BCUT2D eigenvalue weighted by Crippen LogP contribution is -2.20. The lowest BCUT2D eigenvalue weighted by molar-refractivity contribution is -0.118. The van der Waals surface area contributed by atoms with Crippen LogP contribution in [0.1, 0.15) is 12.5 Å². The Bertz CT molecular complexity index is 1300. The Morgan fingerprint density at radius 2 is 1.94 bits per heavy atom. The van der Waals surface area contributed by atoms with Crippen LogP contribution in [-0.2, 0) is 11.3 Å². The lowest BCUT2D eigenvalue weighted by atomic mass is 10.0. The summed E-state index contributed by atoms with van der Waals surface area (Å²) in [5.74, 6) is 1.34. The molecule has 1 N–H and O–H groups in total. The van der Waals surface area contributed by atoms with Gasteiger partial charge in [-0.1, -0.05) is 53.7 Å². The van der Waals surface area contributed by atoms with Crippen LogP contribution >= 0.6 is 23.4 Å². The van der Waals surface area contributed by atoms with E-state index < -0.39 is 0 Å². The van der Waals surface area contributed by atoms with Gasteiger partial charge in [-0.15, -0.1) is 10.2 Å². The number of nitrogens with zero attached hydrogens (tertiary/aromatic N) is 4. The number of carbonyl (C=O) groups excluding carboxylic acids is 1. The maximum atomic E-state index is 12.4. The molecular weight excluding hydrogens is 458 g/mol. The van der Waals surface area contributed by atoms with Gasteiger partial charge in [0.05, 0.1) is 19.1 Å². The Balaban J connectivity index is 1.42. The van der Waals surface area contributed by atoms with Gasteiger partial charge in [0.1, 0.15) is 5.75 Å². The van der Waals surface area contributed by atoms with Crippen LogP contribution in [0.3, 0.4) is 0 Å². The molecule has 168 valence electrons. The zero-order chi connectivity index (χ0) is 23.2. The zero-order valence-electron chi connectivity index (χ0n) is 18.2. The van der Waals surface area contributed by atoms with Gasteiger partial charge in [-0.05, 0) is 48.0 Å². The molecule has 1 aromatic heterocycles. The van der Waals surface area contributed by atoms with Crippen molar-refractivity contribution in [3.8, 4) is 17.1 Å². The molecule has 0 unspecified atom stereocenters. The summed E-state index contributed by atoms with van der Waals surface area (Å²) in [6.07, 6.45) is 1.61. The normalized spacial score (nSPS) is 11.2. The molecule has 1 heterocycles. The van der Waals surface area contributed by atoms with Crippen molar-refractivity contribution < 1.29 is 9.53 Å². The monoisotopic (exact) mass is 479 g/mol. The maximum absolute atomic E-state index is 12.4. The fourth-order valence-electron chi connectivity index (χ4n) is 3.41. The summed E-state index contributed by atoms with van der Waals surface area (Å²) < 4.78 is 7.42. The molecule has 0 fully saturated rings. The Morgan fingerprint density at radius 1 is 1.15 bits per heavy atom. The van der Waals surface area contributed by atoms with E-state index in [-0.39, 0.29) is 11.7 Å². The molecule has 9 heteroatoms. The van der Waals surface area contributed by atoms with Crippen LogP contribution in [0, 0.1) is 0 Å². The smallest absolute Gasteiger partial charge is 0.250 e. The summed E-state index contributed by atoms with van der Waals surface area (Å²) in [5, 5.41) is 16.1. The van der Waals surface area contributed by atoms with Gasteiger partial charge in [-0.25, -0.2) is 5.43 Å². The number of thioether (sulfide) groups is 1. The SMILES string of the molecule is CCn1c(SCC(=O)NN=Cc2c(OC)ccc3ccccc23)nnc1-c1ccc(Cl)cc1. The number of benzene rings is 3. The first kappa shape index (κ1) is 22.8. The van der Waals surface area contributed by atoms with Gasteiger partial charge in [0.15, 0.2) is 11.0 Å². The van der Waals surface area contributed by atoms with E-state index in [2.05, 4.69) is 20.7 Å². The molecule has 0 saturated carbocycles. The van der Waals surface area contributed by atoms with Crippen LogP contribution in [-0.4, -0.2) is 39.7 Å². The lowest BCUT2D eigenvalue weighted by Gasteiger charge is -2.08. The predicted molar refractivity (Wildman–Crippen MR) is 133 cm³/mol. The summed E-state index contributed by atoms with van der Waals surface area (Å²) >= 11 is 7.29. The minimum absolute atomic E-state index is 0.156. The highest BCUT2D eigenvalue weighted by molar-refractivity contribution is 7.99. The third-order valence-electron chi connectivity index (χ3n) is 5.00. The van der Waals surface area contributed by atoms with Crippen LogP contribution in [0.5, 0.6) is 5.75 Å². The Morgan fingerprint density at radius 3 is 2.70 bits per heavy atom. The fourth-order valence-corrected chi connectivity index (χ4v) is 4.33. The molecule has 0 atom stereocenters. The molecule has 0 saturated heterocycles. The number of aromatic nitrogens is 3. The zero-order valence-corrected chi connectivity index (χ0v) is 19.7. The molecule has 0 aliphatic heterocycles. The second-order valence-electron chi connectivity index (χ2n) is 7.04. The van der Waals surface area contributed by atoms with Gasteiger partial charge >= 0.3 is 0 Å². The number of carbonyl (C=O) groups is 1. The van der Waals surface area contributed by atoms with Crippen molar-refractivity contribution in [2.45, 2.75) is 18.6 Å². The van der Waals surface area contributed by atoms with E-state index in [0.717, 1.165) is 27.7 Å². The number of rotatable bonds is 8. The first-order valence-corrected chi connectivity index (χ1v) is 11.7. The maximum Gasteiger partial charge on any atom is 0.250 e. The summed E-state index contributed by atoms with van der Waals surface area (Å²) in [6.45, 7) is 2.68. The van der Waals surface area contributed by atoms with Crippen LogP contribution < -0.4 is 10.2 Å². The van der Waals surface area contributed by atoms with Crippen molar-refractivity contribution >= 4 is 46.3 Å². The van der Waals surface area contributed by atoms with Gasteiger partial charge in [0.25, 0.3) is 5.91 Å². The first-order chi connectivity index (χ1) is 16.1. The molecule has 0 aliphatic carbocycles. The second-order valence-corrected chi connectivity index (χ2v) is 8.42. The fraction of sp³-hybridized carbons (Fsp3) is 0.167. The summed E-state index contributed by atoms with van der Waals surface area (Å²) in [4.78, 5) is 12.4. The van der Waals surface area contributed by atoms with Crippen LogP contribution in [0.4, 0.5) is 0 Å². The number of nitrogens with one attached hydrogen (secondary N) is 1. The van der Waals surface area contributed by atoms with Crippen molar-refractivity contribution in [3.63, 3.8) is 0 Å². The van der Waals surface area contributed by atoms with Crippen molar-refractivity contribution in [2.75, 3.05) is 12.9 Å². The predicted octanol–water partition coefficient (Wildman–Crippen LogP) is 5.02. The van der Waals surface area contributed by atoms with Gasteiger partial charge in [-0.3, -0.25) is 4.79 Å². The molecule has 4 aromatic rings. The van der Waals surface area contributed by atoms with Crippen LogP contribution in [0.15, 0.2) is 70.9 Å². The highest BCUT2D eigenvalue weighted by Crippen LogP contribution is 2.27. The van der Waals surface area contributed by atoms with Gasteiger partial charge in [0.2, 0.25) is 0 Å². The second kappa shape index (κ2) is 10.5. The molecule has 3 aromatic carbocycles. The number of halogens is 1. The number of fused-ring (bicyclic) bond motifs is 1. The third kappa shape index (κ3) is 5.18. The summed E-state index contributed by atoms with van der Waals surface area (Å²) in [5.41, 5.74) is 4.30. The van der Waals surface area contributed by atoms with Gasteiger partial charge in [0, 0.05) is 22.7 Å². The first-order valence-electron chi connectivity index (χ1n) is 10.3. The van der Waals surface area contributed by atoms with E-state index in [0.29, 0.717) is 22.5 Å². The van der Waals surface area contributed by atoms with E-state index in [1.54, 1.807) is 13.3 Å². The van der Waals surface area contributed by atoms with E-state index in [4.69, 9.17) is 16.3 Å². The summed E-state index contributed by atoms with van der Waals surface area (Å²) in [7, 11) is 1.61. The van der Waals surface area contributed by atoms with Crippen molar-refractivity contribution in [2.24, 2.45) is 5.10 Å². The van der Waals surface area contributed by atoms with E-state index in [9.17, 15) is 4.79 Å². The molecule has 7 nitrogen and oxygen atoms in total. The van der Waals surface area contributed by atoms with Gasteiger partial charge in [-0.2, -0.15) is 5.10 Å². The Hall–Kier alpha value is -3.36. The molecule has 0 aliphatic rings. The molecule has 33 heavy (non-hydrogen) atoms. The molecular formula is C24H22ClN5O2S. The molecule has 1 amide bonds.